The highest BCUT2D eigenvalue weighted by atomic mass is 19.4. The van der Waals surface area contributed by atoms with E-state index < -0.39 is 76.8 Å². The molecular formula is C30H35F6N3O4. The molecule has 0 saturated heterocycles. The lowest BCUT2D eigenvalue weighted by Gasteiger charge is -2.35. The van der Waals surface area contributed by atoms with Crippen LogP contribution in [0.15, 0.2) is 30.5 Å². The van der Waals surface area contributed by atoms with Gasteiger partial charge in [0.25, 0.3) is 5.91 Å². The van der Waals surface area contributed by atoms with E-state index in [1.165, 1.54) is 12.1 Å². The number of aromatic nitrogens is 2. The first-order valence-electron chi connectivity index (χ1n) is 14.4. The van der Waals surface area contributed by atoms with E-state index >= 15 is 0 Å². The predicted molar refractivity (Wildman–Crippen MR) is 142 cm³/mol. The fraction of sp³-hybridized carbons (Fsp3) is 0.633. The minimum Gasteiger partial charge on any atom is -0.481 e. The van der Waals surface area contributed by atoms with E-state index in [4.69, 9.17) is 0 Å². The van der Waals surface area contributed by atoms with Crippen LogP contribution in [0.4, 0.5) is 26.3 Å². The summed E-state index contributed by atoms with van der Waals surface area (Å²) in [5.74, 6) is -1.67. The summed E-state index contributed by atoms with van der Waals surface area (Å²) >= 11 is 0. The molecule has 2 aromatic rings. The van der Waals surface area contributed by atoms with Gasteiger partial charge in [-0.25, -0.2) is 0 Å². The van der Waals surface area contributed by atoms with E-state index in [0.29, 0.717) is 12.8 Å². The molecule has 2 N–H and O–H groups in total. The number of rotatable bonds is 7. The fourth-order valence-corrected chi connectivity index (χ4v) is 7.39. The lowest BCUT2D eigenvalue weighted by atomic mass is 9.74. The highest BCUT2D eigenvalue weighted by Gasteiger charge is 2.63. The molecule has 3 fully saturated rings. The smallest absolute Gasteiger partial charge is 0.433 e. The van der Waals surface area contributed by atoms with Crippen LogP contribution in [0.5, 0.6) is 0 Å². The Morgan fingerprint density at radius 3 is 2.14 bits per heavy atom. The third kappa shape index (κ3) is 5.64. The number of halogens is 6. The molecule has 1 unspecified atom stereocenters. The third-order valence-corrected chi connectivity index (χ3v) is 10.3. The molecule has 1 amide bonds. The maximum absolute atomic E-state index is 14.6. The van der Waals surface area contributed by atoms with Crippen molar-refractivity contribution in [1.29, 1.82) is 0 Å². The van der Waals surface area contributed by atoms with Crippen LogP contribution in [0.3, 0.4) is 0 Å². The topological polar surface area (TPSA) is 95.7 Å². The van der Waals surface area contributed by atoms with Crippen molar-refractivity contribution in [2.45, 2.75) is 89.8 Å². The molecule has 13 heteroatoms. The van der Waals surface area contributed by atoms with Crippen molar-refractivity contribution in [2.75, 3.05) is 6.54 Å². The number of hydrogen-bond donors (Lipinski definition) is 2. The van der Waals surface area contributed by atoms with Crippen LogP contribution in [0, 0.1) is 22.7 Å². The van der Waals surface area contributed by atoms with Crippen molar-refractivity contribution in [2.24, 2.45) is 22.7 Å². The van der Waals surface area contributed by atoms with Crippen LogP contribution in [0.2, 0.25) is 0 Å². The highest BCUT2D eigenvalue weighted by molar-refractivity contribution is 5.95. The summed E-state index contributed by atoms with van der Waals surface area (Å²) in [5, 5.41) is 24.5. The summed E-state index contributed by atoms with van der Waals surface area (Å²) in [7, 11) is 0. The van der Waals surface area contributed by atoms with E-state index in [9.17, 15) is 46.1 Å². The zero-order chi connectivity index (χ0) is 31.7. The average molecular weight is 616 g/mol. The van der Waals surface area contributed by atoms with Gasteiger partial charge in [0.2, 0.25) is 0 Å². The number of hydrogen-bond acceptors (Lipinski definition) is 4. The van der Waals surface area contributed by atoms with Gasteiger partial charge in [-0.1, -0.05) is 32.0 Å². The molecule has 3 aliphatic rings. The Bertz CT molecular complexity index is 1380. The van der Waals surface area contributed by atoms with Gasteiger partial charge in [-0.15, -0.1) is 0 Å². The SMILES string of the molecule is CC1(C(=O)O)CCC(n2ncc(C(=O)N(C[C@H](O)c3ccccc3C(F)(F)F)C3C[C@@H]4[C@H](C3)C4(C)C)c2C(F)(F)F)CC1. The molecule has 7 nitrogen and oxygen atoms in total. The Morgan fingerprint density at radius 2 is 1.60 bits per heavy atom. The van der Waals surface area contributed by atoms with Gasteiger partial charge in [0, 0.05) is 6.04 Å². The molecule has 0 bridgehead atoms. The largest absolute Gasteiger partial charge is 0.481 e. The standard InChI is InChI=1S/C30H35F6N3O4/c1-27(2)21-12-17(13-22(21)27)38(15-23(40)18-6-4-5-7-20(18)29(31,32)33)25(41)19-14-37-39(24(19)30(34,35)36)16-8-10-28(3,11-9-16)26(42)43/h4-7,14,16-17,21-23,40H,8-13,15H2,1-3H3,(H,42,43)/t16?,17?,21-,22+,23-,28?/m0/s1. The number of nitrogens with zero attached hydrogens (tertiary/aromatic N) is 3. The molecule has 4 atom stereocenters. The van der Waals surface area contributed by atoms with Gasteiger partial charge in [-0.2, -0.15) is 31.4 Å². The predicted octanol–water partition coefficient (Wildman–Crippen LogP) is 6.74. The summed E-state index contributed by atoms with van der Waals surface area (Å²) in [6.45, 7) is 5.04. The Labute approximate surface area is 244 Å². The molecular weight excluding hydrogens is 580 g/mol. The van der Waals surface area contributed by atoms with Crippen LogP contribution < -0.4 is 0 Å². The van der Waals surface area contributed by atoms with Crippen LogP contribution >= 0.6 is 0 Å². The molecule has 1 aromatic heterocycles. The first-order chi connectivity index (χ1) is 19.9. The van der Waals surface area contributed by atoms with Gasteiger partial charge >= 0.3 is 18.3 Å². The molecule has 0 radical (unpaired) electrons. The Morgan fingerprint density at radius 1 is 1.02 bits per heavy atom. The van der Waals surface area contributed by atoms with Gasteiger partial charge in [-0.3, -0.25) is 14.3 Å². The van der Waals surface area contributed by atoms with Crippen molar-refractivity contribution < 1.29 is 46.1 Å². The zero-order valence-corrected chi connectivity index (χ0v) is 24.0. The van der Waals surface area contributed by atoms with E-state index in [2.05, 4.69) is 18.9 Å². The lowest BCUT2D eigenvalue weighted by Crippen LogP contribution is -2.43. The Hall–Kier alpha value is -3.09. The quantitative estimate of drug-likeness (QED) is 0.337. The number of carbonyl (C=O) groups is 2. The number of alkyl halides is 6. The number of aliphatic hydroxyl groups is 1. The van der Waals surface area contributed by atoms with Gasteiger partial charge in [0.1, 0.15) is 0 Å². The lowest BCUT2D eigenvalue weighted by molar-refractivity contribution is -0.152. The van der Waals surface area contributed by atoms with Gasteiger partial charge in [0.15, 0.2) is 5.69 Å². The fourth-order valence-electron chi connectivity index (χ4n) is 7.39. The number of fused-ring (bicyclic) bond motifs is 1. The van der Waals surface area contributed by atoms with Crippen molar-refractivity contribution in [1.82, 2.24) is 14.7 Å². The minimum atomic E-state index is -5.00. The first kappa shape index (κ1) is 31.3. The second-order valence-electron chi connectivity index (χ2n) is 13.2. The third-order valence-electron chi connectivity index (χ3n) is 10.3. The molecule has 3 saturated carbocycles. The maximum atomic E-state index is 14.6. The monoisotopic (exact) mass is 615 g/mol. The molecule has 3 aliphatic carbocycles. The Balaban J connectivity index is 1.48. The van der Waals surface area contributed by atoms with Crippen molar-refractivity contribution >= 4 is 11.9 Å². The summed E-state index contributed by atoms with van der Waals surface area (Å²) in [4.78, 5) is 26.7. The number of carboxylic acid groups (broad SMARTS) is 1. The molecule has 43 heavy (non-hydrogen) atoms. The van der Waals surface area contributed by atoms with Crippen LogP contribution in [0.1, 0.15) is 98.6 Å². The first-order valence-corrected chi connectivity index (χ1v) is 14.4. The molecule has 236 valence electrons. The number of aliphatic hydroxyl groups excluding tert-OH is 1. The van der Waals surface area contributed by atoms with Gasteiger partial charge in [0.05, 0.1) is 41.4 Å². The molecule has 1 heterocycles. The van der Waals surface area contributed by atoms with E-state index in [1.54, 1.807) is 6.92 Å². The maximum Gasteiger partial charge on any atom is 0.433 e. The number of carbonyl (C=O) groups excluding carboxylic acids is 1. The van der Waals surface area contributed by atoms with Crippen LogP contribution in [-0.4, -0.2) is 49.4 Å². The molecule has 1 aromatic carbocycles. The second-order valence-corrected chi connectivity index (χ2v) is 13.2. The average Bonchev–Trinajstić information content (AvgIpc) is 3.35. The number of aliphatic carboxylic acids is 1. The van der Waals surface area contributed by atoms with Crippen molar-refractivity contribution in [3.63, 3.8) is 0 Å². The number of amides is 1. The van der Waals surface area contributed by atoms with Gasteiger partial charge < -0.3 is 15.1 Å². The summed E-state index contributed by atoms with van der Waals surface area (Å²) in [5.41, 5.74) is -4.64. The van der Waals surface area contributed by atoms with Crippen LogP contribution in [0.25, 0.3) is 0 Å². The second kappa shape index (κ2) is 10.5. The highest BCUT2D eigenvalue weighted by Crippen LogP contribution is 2.67. The summed E-state index contributed by atoms with van der Waals surface area (Å²) in [6.07, 6.45) is -9.35. The zero-order valence-electron chi connectivity index (χ0n) is 24.0. The van der Waals surface area contributed by atoms with Crippen LogP contribution in [-0.2, 0) is 17.1 Å². The normalized spacial score (nSPS) is 29.2. The molecule has 0 aliphatic heterocycles. The van der Waals surface area contributed by atoms with Crippen molar-refractivity contribution in [3.8, 4) is 0 Å². The van der Waals surface area contributed by atoms with Crippen molar-refractivity contribution in [3.05, 3.63) is 52.8 Å². The van der Waals surface area contributed by atoms with E-state index in [0.717, 1.165) is 27.9 Å². The Kier molecular flexibility index (Phi) is 7.67. The number of benzene rings is 1. The minimum absolute atomic E-state index is 0.000164. The number of carboxylic acids is 1. The molecule has 5 rings (SSSR count). The summed E-state index contributed by atoms with van der Waals surface area (Å²) in [6, 6.07) is 3.03. The van der Waals surface area contributed by atoms with E-state index in [-0.39, 0.29) is 42.9 Å². The van der Waals surface area contributed by atoms with Gasteiger partial charge in [-0.05, 0) is 74.3 Å². The van der Waals surface area contributed by atoms with E-state index in [1.807, 2.05) is 0 Å². The summed E-state index contributed by atoms with van der Waals surface area (Å²) < 4.78 is 85.6. The molecule has 0 spiro atoms.